The van der Waals surface area contributed by atoms with Crippen LogP contribution >= 0.6 is 0 Å². The van der Waals surface area contributed by atoms with E-state index in [4.69, 9.17) is 0 Å². The van der Waals surface area contributed by atoms with Crippen molar-refractivity contribution in [3.63, 3.8) is 0 Å². The minimum Gasteiger partial charge on any atom is -0.369 e. The average Bonchev–Trinajstić information content (AvgIpc) is 3.75. The van der Waals surface area contributed by atoms with Gasteiger partial charge in [0.15, 0.2) is 0 Å². The van der Waals surface area contributed by atoms with Gasteiger partial charge in [0.25, 0.3) is 11.8 Å². The van der Waals surface area contributed by atoms with Gasteiger partial charge in [-0.1, -0.05) is 36.4 Å². The fourth-order valence-electron chi connectivity index (χ4n) is 7.26. The minimum atomic E-state index is -0.341. The van der Waals surface area contributed by atoms with Crippen LogP contribution in [0.3, 0.4) is 0 Å². The molecule has 0 spiro atoms. The number of fused-ring (bicyclic) bond motifs is 3. The first-order valence-corrected chi connectivity index (χ1v) is 17.4. The second kappa shape index (κ2) is 13.5. The number of pyridine rings is 1. The molecule has 3 N–H and O–H groups in total. The smallest absolute Gasteiger partial charge is 0.274 e. The lowest BCUT2D eigenvalue weighted by Crippen LogP contribution is -2.45. The first kappa shape index (κ1) is 32.4. The molecular weight excluding hydrogens is 646 g/mol. The standard InChI is InChI=1S/C38H39N9O4/c1-24-19-39-38(51)33-18-28-8-12-32(42-35(28)47(24)33)37(50)41-29-20-40-46(23-29)22-26-4-9-30(10-5-26)45-16-14-44(15-17-45)21-25-2-6-27(7-3-25)31-11-13-34(48)43-36(31)49/h2-10,12,18,20,23-24,31H,11,13-17,19,21-22H2,1H3,(H,39,51)(H,41,50)(H,43,48,49)/t24-,31?/m1/s1. The van der Waals surface area contributed by atoms with Crippen LogP contribution in [0.25, 0.3) is 11.0 Å². The number of hydrogen-bond donors (Lipinski definition) is 3. The summed E-state index contributed by atoms with van der Waals surface area (Å²) < 4.78 is 3.69. The molecule has 0 saturated carbocycles. The summed E-state index contributed by atoms with van der Waals surface area (Å²) in [6, 6.07) is 22.1. The monoisotopic (exact) mass is 685 g/mol. The molecule has 3 aromatic heterocycles. The molecule has 5 aromatic rings. The molecule has 260 valence electrons. The van der Waals surface area contributed by atoms with Gasteiger partial charge in [0, 0.05) is 63.0 Å². The third kappa shape index (κ3) is 6.72. The molecule has 51 heavy (non-hydrogen) atoms. The number of carbonyl (C=O) groups is 4. The van der Waals surface area contributed by atoms with E-state index in [-0.39, 0.29) is 41.3 Å². The van der Waals surface area contributed by atoms with Crippen LogP contribution in [-0.4, -0.2) is 80.6 Å². The van der Waals surface area contributed by atoms with Crippen LogP contribution in [0.15, 0.2) is 79.1 Å². The highest BCUT2D eigenvalue weighted by molar-refractivity contribution is 6.05. The first-order valence-electron chi connectivity index (χ1n) is 17.4. The van der Waals surface area contributed by atoms with E-state index in [9.17, 15) is 19.2 Å². The molecular formula is C38H39N9O4. The van der Waals surface area contributed by atoms with E-state index in [2.05, 4.69) is 72.2 Å². The van der Waals surface area contributed by atoms with Crippen LogP contribution in [0, 0.1) is 0 Å². The Kier molecular flexibility index (Phi) is 8.56. The Balaban J connectivity index is 0.825. The second-order valence-electron chi connectivity index (χ2n) is 13.6. The quantitative estimate of drug-likeness (QED) is 0.210. The molecule has 3 aliphatic rings. The summed E-state index contributed by atoms with van der Waals surface area (Å²) >= 11 is 0. The van der Waals surface area contributed by atoms with Crippen LogP contribution in [0.1, 0.15) is 69.4 Å². The Morgan fingerprint density at radius 3 is 2.43 bits per heavy atom. The number of benzene rings is 2. The molecule has 0 aliphatic carbocycles. The van der Waals surface area contributed by atoms with Crippen molar-refractivity contribution in [2.24, 2.45) is 0 Å². The number of anilines is 2. The zero-order valence-electron chi connectivity index (χ0n) is 28.3. The predicted molar refractivity (Wildman–Crippen MR) is 192 cm³/mol. The van der Waals surface area contributed by atoms with Gasteiger partial charge < -0.3 is 20.1 Å². The summed E-state index contributed by atoms with van der Waals surface area (Å²) in [5.74, 6) is -1.12. The van der Waals surface area contributed by atoms with Gasteiger partial charge in [0.1, 0.15) is 17.0 Å². The van der Waals surface area contributed by atoms with Crippen molar-refractivity contribution in [2.45, 2.75) is 44.8 Å². The highest BCUT2D eigenvalue weighted by Gasteiger charge is 2.28. The normalized spacial score (nSPS) is 19.5. The molecule has 0 radical (unpaired) electrons. The Bertz CT molecular complexity index is 2130. The largest absolute Gasteiger partial charge is 0.369 e. The Labute approximate surface area is 294 Å². The lowest BCUT2D eigenvalue weighted by Gasteiger charge is -2.36. The number of hydrogen-bond acceptors (Lipinski definition) is 8. The Morgan fingerprint density at radius 2 is 1.67 bits per heavy atom. The molecule has 6 heterocycles. The van der Waals surface area contributed by atoms with Gasteiger partial charge in [-0.2, -0.15) is 5.10 Å². The zero-order chi connectivity index (χ0) is 35.1. The van der Waals surface area contributed by atoms with Crippen molar-refractivity contribution >= 4 is 46.0 Å². The summed E-state index contributed by atoms with van der Waals surface area (Å²) in [6.45, 7) is 7.71. The second-order valence-corrected chi connectivity index (χ2v) is 13.6. The average molecular weight is 686 g/mol. The summed E-state index contributed by atoms with van der Waals surface area (Å²) in [7, 11) is 0. The Hall–Kier alpha value is -5.82. The number of carbonyl (C=O) groups excluding carboxylic acids is 4. The van der Waals surface area contributed by atoms with Gasteiger partial charge in [-0.25, -0.2) is 4.98 Å². The van der Waals surface area contributed by atoms with Gasteiger partial charge in [-0.3, -0.25) is 34.1 Å². The van der Waals surface area contributed by atoms with Gasteiger partial charge in [0.05, 0.1) is 30.4 Å². The number of amides is 4. The lowest BCUT2D eigenvalue weighted by atomic mass is 9.90. The highest BCUT2D eigenvalue weighted by atomic mass is 16.2. The minimum absolute atomic E-state index is 0.0372. The SMILES string of the molecule is C[C@@H]1CNC(=O)c2cc3ccc(C(=O)Nc4cnn(Cc5ccc(N6CCN(Cc7ccc(C8CCC(=O)NC8=O)cc7)CC6)cc5)c4)nc3n21. The van der Waals surface area contributed by atoms with Crippen molar-refractivity contribution in [2.75, 3.05) is 42.9 Å². The first-order chi connectivity index (χ1) is 24.8. The van der Waals surface area contributed by atoms with Gasteiger partial charge in [0.2, 0.25) is 11.8 Å². The van der Waals surface area contributed by atoms with E-state index in [1.807, 2.05) is 35.8 Å². The Morgan fingerprint density at radius 1 is 0.922 bits per heavy atom. The molecule has 4 amide bonds. The molecule has 8 rings (SSSR count). The number of nitrogens with zero attached hydrogens (tertiary/aromatic N) is 6. The number of nitrogens with one attached hydrogen (secondary N) is 3. The third-order valence-electron chi connectivity index (χ3n) is 10.1. The molecule has 2 atom stereocenters. The summed E-state index contributed by atoms with van der Waals surface area (Å²) in [6.07, 6.45) is 4.38. The molecule has 0 bridgehead atoms. The van der Waals surface area contributed by atoms with E-state index in [1.54, 1.807) is 23.1 Å². The van der Waals surface area contributed by atoms with Crippen LogP contribution in [0.2, 0.25) is 0 Å². The van der Waals surface area contributed by atoms with E-state index < -0.39 is 0 Å². The molecule has 1 unspecified atom stereocenters. The number of rotatable bonds is 8. The number of imide groups is 1. The summed E-state index contributed by atoms with van der Waals surface area (Å²) in [5, 5.41) is 13.5. The number of piperidine rings is 1. The molecule has 13 nitrogen and oxygen atoms in total. The maximum atomic E-state index is 13.1. The van der Waals surface area contributed by atoms with E-state index in [0.717, 1.165) is 49.2 Å². The van der Waals surface area contributed by atoms with Crippen molar-refractivity contribution in [3.8, 4) is 0 Å². The van der Waals surface area contributed by atoms with Crippen molar-refractivity contribution in [3.05, 3.63) is 107 Å². The zero-order valence-corrected chi connectivity index (χ0v) is 28.3. The summed E-state index contributed by atoms with van der Waals surface area (Å²) in [4.78, 5) is 58.6. The maximum absolute atomic E-state index is 13.1. The van der Waals surface area contributed by atoms with Crippen LogP contribution in [-0.2, 0) is 22.7 Å². The van der Waals surface area contributed by atoms with Crippen LogP contribution in [0.5, 0.6) is 0 Å². The maximum Gasteiger partial charge on any atom is 0.274 e. The van der Waals surface area contributed by atoms with Gasteiger partial charge in [-0.05, 0) is 60.4 Å². The van der Waals surface area contributed by atoms with Gasteiger partial charge >= 0.3 is 0 Å². The van der Waals surface area contributed by atoms with Crippen molar-refractivity contribution in [1.82, 2.24) is 34.9 Å². The van der Waals surface area contributed by atoms with E-state index >= 15 is 0 Å². The van der Waals surface area contributed by atoms with Crippen LogP contribution < -0.4 is 20.9 Å². The number of aromatic nitrogens is 4. The summed E-state index contributed by atoms with van der Waals surface area (Å²) in [5.41, 5.74) is 6.48. The van der Waals surface area contributed by atoms with Crippen molar-refractivity contribution in [1.29, 1.82) is 0 Å². The van der Waals surface area contributed by atoms with E-state index in [0.29, 0.717) is 43.0 Å². The van der Waals surface area contributed by atoms with Crippen molar-refractivity contribution < 1.29 is 19.2 Å². The fraction of sp³-hybridized carbons (Fsp3) is 0.316. The molecule has 3 aliphatic heterocycles. The molecule has 2 fully saturated rings. The van der Waals surface area contributed by atoms with E-state index in [1.165, 1.54) is 11.3 Å². The predicted octanol–water partition coefficient (Wildman–Crippen LogP) is 3.68. The topological polar surface area (TPSA) is 146 Å². The molecule has 13 heteroatoms. The molecule has 2 saturated heterocycles. The highest BCUT2D eigenvalue weighted by Crippen LogP contribution is 2.27. The molecule has 2 aromatic carbocycles. The third-order valence-corrected chi connectivity index (χ3v) is 10.1. The lowest BCUT2D eigenvalue weighted by molar-refractivity contribution is -0.134. The van der Waals surface area contributed by atoms with Gasteiger partial charge in [-0.15, -0.1) is 0 Å². The fourth-order valence-corrected chi connectivity index (χ4v) is 7.26. The number of piperazine rings is 1. The van der Waals surface area contributed by atoms with Crippen LogP contribution in [0.4, 0.5) is 11.4 Å².